The van der Waals surface area contributed by atoms with Gasteiger partial charge < -0.3 is 10.8 Å². The molecule has 3 N–H and O–H groups in total. The summed E-state index contributed by atoms with van der Waals surface area (Å²) in [6.45, 7) is 0. The molecule has 2 atom stereocenters. The van der Waals surface area contributed by atoms with Gasteiger partial charge in [0.05, 0.1) is 5.60 Å². The highest BCUT2D eigenvalue weighted by atomic mass is 16.3. The SMILES string of the molecule is NC1CCCC(O)(c2ccc(C3CCC3)cc2)C1. The molecule has 2 fully saturated rings. The van der Waals surface area contributed by atoms with Crippen LogP contribution in [0.1, 0.15) is 62.0 Å². The molecule has 0 heterocycles. The predicted octanol–water partition coefficient (Wildman–Crippen LogP) is 3.04. The Hall–Kier alpha value is -0.860. The standard InChI is InChI=1S/C16H23NO/c17-15-5-2-10-16(18,11-15)14-8-6-13(7-9-14)12-3-1-4-12/h6-9,12,15,18H,1-5,10-11,17H2. The second-order valence-electron chi connectivity index (χ2n) is 6.14. The van der Waals surface area contributed by atoms with Gasteiger partial charge in [-0.1, -0.05) is 30.7 Å². The second-order valence-corrected chi connectivity index (χ2v) is 6.14. The third-order valence-corrected chi connectivity index (χ3v) is 4.79. The van der Waals surface area contributed by atoms with Gasteiger partial charge in [0.2, 0.25) is 0 Å². The van der Waals surface area contributed by atoms with Gasteiger partial charge in [-0.25, -0.2) is 0 Å². The van der Waals surface area contributed by atoms with E-state index < -0.39 is 5.60 Å². The smallest absolute Gasteiger partial charge is 0.0911 e. The lowest BCUT2D eigenvalue weighted by molar-refractivity contribution is -0.00718. The zero-order chi connectivity index (χ0) is 12.6. The minimum atomic E-state index is -0.685. The average Bonchev–Trinajstić information content (AvgIpc) is 2.27. The van der Waals surface area contributed by atoms with Gasteiger partial charge >= 0.3 is 0 Å². The number of hydrogen-bond acceptors (Lipinski definition) is 2. The summed E-state index contributed by atoms with van der Waals surface area (Å²) >= 11 is 0. The zero-order valence-electron chi connectivity index (χ0n) is 10.9. The number of rotatable bonds is 2. The van der Waals surface area contributed by atoms with Crippen LogP contribution in [-0.4, -0.2) is 11.1 Å². The van der Waals surface area contributed by atoms with Crippen LogP contribution in [0, 0.1) is 0 Å². The molecule has 98 valence electrons. The lowest BCUT2D eigenvalue weighted by Gasteiger charge is -2.36. The third kappa shape index (κ3) is 2.19. The van der Waals surface area contributed by atoms with Gasteiger partial charge in [0.25, 0.3) is 0 Å². The quantitative estimate of drug-likeness (QED) is 0.841. The van der Waals surface area contributed by atoms with E-state index in [1.165, 1.54) is 24.8 Å². The van der Waals surface area contributed by atoms with Crippen molar-refractivity contribution < 1.29 is 5.11 Å². The van der Waals surface area contributed by atoms with Crippen LogP contribution in [0.2, 0.25) is 0 Å². The van der Waals surface area contributed by atoms with Crippen molar-refractivity contribution in [2.75, 3.05) is 0 Å². The fourth-order valence-electron chi connectivity index (χ4n) is 3.36. The topological polar surface area (TPSA) is 46.2 Å². The maximum Gasteiger partial charge on any atom is 0.0911 e. The first-order valence-corrected chi connectivity index (χ1v) is 7.26. The fraction of sp³-hybridized carbons (Fsp3) is 0.625. The molecule has 0 aliphatic heterocycles. The first-order valence-electron chi connectivity index (χ1n) is 7.26. The molecule has 2 nitrogen and oxygen atoms in total. The van der Waals surface area contributed by atoms with Crippen molar-refractivity contribution in [1.82, 2.24) is 0 Å². The third-order valence-electron chi connectivity index (χ3n) is 4.79. The van der Waals surface area contributed by atoms with Crippen LogP contribution >= 0.6 is 0 Å². The highest BCUT2D eigenvalue weighted by Gasteiger charge is 2.34. The molecule has 0 bridgehead atoms. The molecule has 0 saturated heterocycles. The number of benzene rings is 1. The van der Waals surface area contributed by atoms with E-state index in [1.807, 2.05) is 0 Å². The Kier molecular flexibility index (Phi) is 3.16. The van der Waals surface area contributed by atoms with E-state index >= 15 is 0 Å². The molecule has 2 unspecified atom stereocenters. The van der Waals surface area contributed by atoms with Crippen LogP contribution in [0.15, 0.2) is 24.3 Å². The number of aliphatic hydroxyl groups is 1. The zero-order valence-corrected chi connectivity index (χ0v) is 10.9. The van der Waals surface area contributed by atoms with Gasteiger partial charge in [-0.05, 0) is 55.6 Å². The summed E-state index contributed by atoms with van der Waals surface area (Å²) in [5.74, 6) is 0.766. The summed E-state index contributed by atoms with van der Waals surface area (Å²) in [4.78, 5) is 0. The van der Waals surface area contributed by atoms with Crippen LogP contribution in [0.4, 0.5) is 0 Å². The summed E-state index contributed by atoms with van der Waals surface area (Å²) in [6.07, 6.45) is 7.65. The van der Waals surface area contributed by atoms with Crippen LogP contribution in [0.3, 0.4) is 0 Å². The fourth-order valence-corrected chi connectivity index (χ4v) is 3.36. The predicted molar refractivity (Wildman–Crippen MR) is 73.4 cm³/mol. The molecule has 1 aromatic carbocycles. The van der Waals surface area contributed by atoms with Gasteiger partial charge in [-0.2, -0.15) is 0 Å². The molecule has 2 aliphatic rings. The molecule has 0 amide bonds. The average molecular weight is 245 g/mol. The largest absolute Gasteiger partial charge is 0.385 e. The second kappa shape index (κ2) is 4.67. The Labute approximate surface area is 109 Å². The molecular weight excluding hydrogens is 222 g/mol. The summed E-state index contributed by atoms with van der Waals surface area (Å²) in [5, 5.41) is 10.7. The molecule has 3 rings (SSSR count). The molecule has 1 aromatic rings. The van der Waals surface area contributed by atoms with E-state index in [-0.39, 0.29) is 6.04 Å². The van der Waals surface area contributed by atoms with Crippen LogP contribution < -0.4 is 5.73 Å². The van der Waals surface area contributed by atoms with Crippen molar-refractivity contribution in [3.05, 3.63) is 35.4 Å². The van der Waals surface area contributed by atoms with E-state index in [4.69, 9.17) is 5.73 Å². The lowest BCUT2D eigenvalue weighted by Crippen LogP contribution is -2.39. The van der Waals surface area contributed by atoms with Gasteiger partial charge in [0.1, 0.15) is 0 Å². The molecule has 2 heteroatoms. The Bertz CT molecular complexity index is 410. The van der Waals surface area contributed by atoms with Crippen molar-refractivity contribution in [2.45, 2.75) is 62.5 Å². The maximum absolute atomic E-state index is 10.7. The summed E-state index contributed by atoms with van der Waals surface area (Å²) < 4.78 is 0. The van der Waals surface area contributed by atoms with Crippen LogP contribution in [0.5, 0.6) is 0 Å². The Morgan fingerprint density at radius 1 is 1.06 bits per heavy atom. The summed E-state index contributed by atoms with van der Waals surface area (Å²) in [6, 6.07) is 8.79. The van der Waals surface area contributed by atoms with Crippen molar-refractivity contribution in [3.63, 3.8) is 0 Å². The van der Waals surface area contributed by atoms with Crippen LogP contribution in [-0.2, 0) is 5.60 Å². The van der Waals surface area contributed by atoms with Crippen LogP contribution in [0.25, 0.3) is 0 Å². The molecule has 0 radical (unpaired) electrons. The Morgan fingerprint density at radius 2 is 1.78 bits per heavy atom. The van der Waals surface area contributed by atoms with Crippen molar-refractivity contribution in [1.29, 1.82) is 0 Å². The lowest BCUT2D eigenvalue weighted by atomic mass is 9.76. The molecule has 2 saturated carbocycles. The van der Waals surface area contributed by atoms with Gasteiger partial charge in [-0.15, -0.1) is 0 Å². The summed E-state index contributed by atoms with van der Waals surface area (Å²) in [5.41, 5.74) is 7.81. The van der Waals surface area contributed by atoms with E-state index in [9.17, 15) is 5.11 Å². The minimum absolute atomic E-state index is 0.148. The van der Waals surface area contributed by atoms with Crippen molar-refractivity contribution in [3.8, 4) is 0 Å². The number of hydrogen-bond donors (Lipinski definition) is 2. The Balaban J connectivity index is 1.78. The molecule has 0 spiro atoms. The minimum Gasteiger partial charge on any atom is -0.385 e. The van der Waals surface area contributed by atoms with Gasteiger partial charge in [0.15, 0.2) is 0 Å². The van der Waals surface area contributed by atoms with E-state index in [0.717, 1.165) is 30.7 Å². The van der Waals surface area contributed by atoms with E-state index in [1.54, 1.807) is 0 Å². The Morgan fingerprint density at radius 3 is 2.33 bits per heavy atom. The summed E-state index contributed by atoms with van der Waals surface area (Å²) in [7, 11) is 0. The molecule has 2 aliphatic carbocycles. The molecule has 0 aromatic heterocycles. The maximum atomic E-state index is 10.7. The van der Waals surface area contributed by atoms with E-state index in [2.05, 4.69) is 24.3 Å². The normalized spacial score (nSPS) is 33.1. The number of nitrogens with two attached hydrogens (primary N) is 1. The molecular formula is C16H23NO. The highest BCUT2D eigenvalue weighted by Crippen LogP contribution is 2.39. The van der Waals surface area contributed by atoms with E-state index in [0.29, 0.717) is 6.42 Å². The van der Waals surface area contributed by atoms with Gasteiger partial charge in [-0.3, -0.25) is 0 Å². The van der Waals surface area contributed by atoms with Gasteiger partial charge in [0, 0.05) is 6.04 Å². The monoisotopic (exact) mass is 245 g/mol. The first kappa shape index (κ1) is 12.2. The van der Waals surface area contributed by atoms with Crippen molar-refractivity contribution >= 4 is 0 Å². The van der Waals surface area contributed by atoms with Crippen molar-refractivity contribution in [2.24, 2.45) is 5.73 Å². The highest BCUT2D eigenvalue weighted by molar-refractivity contribution is 5.30. The first-order chi connectivity index (χ1) is 8.67. The molecule has 18 heavy (non-hydrogen) atoms.